The highest BCUT2D eigenvalue weighted by atomic mass is 16.3. The van der Waals surface area contributed by atoms with Crippen molar-refractivity contribution >= 4 is 16.7 Å². The van der Waals surface area contributed by atoms with E-state index in [2.05, 4.69) is 43.0 Å². The van der Waals surface area contributed by atoms with Crippen LogP contribution in [0.1, 0.15) is 57.6 Å². The van der Waals surface area contributed by atoms with Crippen LogP contribution in [0.15, 0.2) is 28.7 Å². The van der Waals surface area contributed by atoms with Gasteiger partial charge in [-0.2, -0.15) is 0 Å². The van der Waals surface area contributed by atoms with E-state index in [1.165, 1.54) is 48.9 Å². The van der Waals surface area contributed by atoms with Gasteiger partial charge in [-0.05, 0) is 38.8 Å². The highest BCUT2D eigenvalue weighted by Gasteiger charge is 2.26. The van der Waals surface area contributed by atoms with Crippen molar-refractivity contribution in [2.75, 3.05) is 18.0 Å². The lowest BCUT2D eigenvalue weighted by atomic mass is 9.86. The van der Waals surface area contributed by atoms with Crippen molar-refractivity contribution in [3.8, 4) is 0 Å². The van der Waals surface area contributed by atoms with Gasteiger partial charge in [-0.1, -0.05) is 31.4 Å². The number of furan rings is 1. The van der Waals surface area contributed by atoms with Crippen molar-refractivity contribution in [3.63, 3.8) is 0 Å². The third-order valence-corrected chi connectivity index (χ3v) is 4.65. The van der Waals surface area contributed by atoms with Crippen LogP contribution in [-0.4, -0.2) is 13.1 Å². The highest BCUT2D eigenvalue weighted by molar-refractivity contribution is 5.93. The zero-order chi connectivity index (χ0) is 13.9. The van der Waals surface area contributed by atoms with Crippen molar-refractivity contribution < 1.29 is 4.42 Å². The molecule has 0 radical (unpaired) electrons. The number of para-hydroxylation sites is 1. The first-order chi connectivity index (χ1) is 9.85. The lowest BCUT2D eigenvalue weighted by Crippen LogP contribution is -2.23. The molecule has 1 fully saturated rings. The maximum absolute atomic E-state index is 6.28. The predicted molar refractivity (Wildman–Crippen MR) is 85.6 cm³/mol. The van der Waals surface area contributed by atoms with Gasteiger partial charge in [-0.25, -0.2) is 0 Å². The SMILES string of the molecule is CCN(CC)c1c(C2CCCCC2)oc2ccccc12. The molecule has 1 aromatic heterocycles. The number of hydrogen-bond acceptors (Lipinski definition) is 2. The zero-order valence-corrected chi connectivity index (χ0v) is 12.7. The fourth-order valence-electron chi connectivity index (χ4n) is 3.56. The van der Waals surface area contributed by atoms with Crippen molar-refractivity contribution in [2.45, 2.75) is 51.9 Å². The minimum Gasteiger partial charge on any atom is -0.459 e. The summed E-state index contributed by atoms with van der Waals surface area (Å²) in [6.45, 7) is 6.55. The molecule has 0 unspecified atom stereocenters. The smallest absolute Gasteiger partial charge is 0.136 e. The second-order valence-corrected chi connectivity index (χ2v) is 5.82. The summed E-state index contributed by atoms with van der Waals surface area (Å²) in [4.78, 5) is 2.45. The predicted octanol–water partition coefficient (Wildman–Crippen LogP) is 5.33. The lowest BCUT2D eigenvalue weighted by molar-refractivity contribution is 0.385. The normalized spacial score (nSPS) is 16.7. The van der Waals surface area contributed by atoms with Gasteiger partial charge in [0.05, 0.1) is 5.69 Å². The van der Waals surface area contributed by atoms with E-state index in [0.29, 0.717) is 5.92 Å². The van der Waals surface area contributed by atoms with Crippen LogP contribution >= 0.6 is 0 Å². The van der Waals surface area contributed by atoms with Crippen LogP contribution in [0.2, 0.25) is 0 Å². The van der Waals surface area contributed by atoms with Crippen LogP contribution in [0, 0.1) is 0 Å². The maximum Gasteiger partial charge on any atom is 0.136 e. The van der Waals surface area contributed by atoms with Crippen LogP contribution in [-0.2, 0) is 0 Å². The molecule has 2 nitrogen and oxygen atoms in total. The zero-order valence-electron chi connectivity index (χ0n) is 12.7. The topological polar surface area (TPSA) is 16.4 Å². The van der Waals surface area contributed by atoms with Gasteiger partial charge in [-0.3, -0.25) is 0 Å². The lowest BCUT2D eigenvalue weighted by Gasteiger charge is -2.26. The van der Waals surface area contributed by atoms with Crippen molar-refractivity contribution in [2.24, 2.45) is 0 Å². The molecule has 1 saturated carbocycles. The molecule has 0 amide bonds. The molecule has 1 aliphatic carbocycles. The minimum atomic E-state index is 0.617. The first-order valence-corrected chi connectivity index (χ1v) is 8.11. The summed E-state index contributed by atoms with van der Waals surface area (Å²) in [5.74, 6) is 1.86. The van der Waals surface area contributed by atoms with E-state index in [-0.39, 0.29) is 0 Å². The Bertz CT molecular complexity index is 562. The number of benzene rings is 1. The average molecular weight is 271 g/mol. The van der Waals surface area contributed by atoms with Crippen LogP contribution in [0.3, 0.4) is 0 Å². The molecule has 2 heteroatoms. The Labute approximate surface area is 121 Å². The molecule has 0 spiro atoms. The maximum atomic E-state index is 6.28. The van der Waals surface area contributed by atoms with Crippen LogP contribution in [0.5, 0.6) is 0 Å². The van der Waals surface area contributed by atoms with Crippen LogP contribution < -0.4 is 4.90 Å². The summed E-state index contributed by atoms with van der Waals surface area (Å²) in [5.41, 5.74) is 2.41. The van der Waals surface area contributed by atoms with Crippen LogP contribution in [0.4, 0.5) is 5.69 Å². The average Bonchev–Trinajstić information content (AvgIpc) is 2.89. The second-order valence-electron chi connectivity index (χ2n) is 5.82. The fourth-order valence-corrected chi connectivity index (χ4v) is 3.56. The molecule has 3 rings (SSSR count). The minimum absolute atomic E-state index is 0.617. The molecule has 2 aromatic rings. The number of rotatable bonds is 4. The van der Waals surface area contributed by atoms with Gasteiger partial charge >= 0.3 is 0 Å². The molecule has 1 aliphatic rings. The monoisotopic (exact) mass is 271 g/mol. The molecule has 108 valence electrons. The van der Waals surface area contributed by atoms with E-state index in [0.717, 1.165) is 18.7 Å². The van der Waals surface area contributed by atoms with Crippen molar-refractivity contribution in [1.82, 2.24) is 0 Å². The van der Waals surface area contributed by atoms with E-state index >= 15 is 0 Å². The van der Waals surface area contributed by atoms with Gasteiger partial charge < -0.3 is 9.32 Å². The molecule has 1 aromatic carbocycles. The van der Waals surface area contributed by atoms with Gasteiger partial charge in [0.15, 0.2) is 0 Å². The van der Waals surface area contributed by atoms with Crippen LogP contribution in [0.25, 0.3) is 11.0 Å². The van der Waals surface area contributed by atoms with Gasteiger partial charge in [0, 0.05) is 24.4 Å². The van der Waals surface area contributed by atoms with Crippen molar-refractivity contribution in [3.05, 3.63) is 30.0 Å². The summed E-state index contributed by atoms with van der Waals surface area (Å²) in [5, 5.41) is 1.29. The Balaban J connectivity index is 2.11. The van der Waals surface area contributed by atoms with E-state index in [9.17, 15) is 0 Å². The summed E-state index contributed by atoms with van der Waals surface area (Å²) < 4.78 is 6.28. The fraction of sp³-hybridized carbons (Fsp3) is 0.556. The molecular formula is C18H25NO. The molecule has 20 heavy (non-hydrogen) atoms. The molecule has 0 N–H and O–H groups in total. The molecule has 0 bridgehead atoms. The van der Waals surface area contributed by atoms with E-state index in [4.69, 9.17) is 4.42 Å². The molecule has 0 saturated heterocycles. The first-order valence-electron chi connectivity index (χ1n) is 8.11. The molecule has 0 atom stereocenters. The largest absolute Gasteiger partial charge is 0.459 e. The van der Waals surface area contributed by atoms with Gasteiger partial charge in [-0.15, -0.1) is 0 Å². The molecule has 0 aliphatic heterocycles. The number of nitrogens with zero attached hydrogens (tertiary/aromatic N) is 1. The molecule has 1 heterocycles. The standard InChI is InChI=1S/C18H25NO/c1-3-19(4-2)17-15-12-8-9-13-16(15)20-18(17)14-10-6-5-7-11-14/h8-9,12-14H,3-7,10-11H2,1-2H3. The van der Waals surface area contributed by atoms with Gasteiger partial charge in [0.25, 0.3) is 0 Å². The van der Waals surface area contributed by atoms with Gasteiger partial charge in [0.2, 0.25) is 0 Å². The number of hydrogen-bond donors (Lipinski definition) is 0. The Morgan fingerprint density at radius 3 is 2.45 bits per heavy atom. The summed E-state index contributed by atoms with van der Waals surface area (Å²) >= 11 is 0. The Morgan fingerprint density at radius 1 is 1.05 bits per heavy atom. The Hall–Kier alpha value is -1.44. The first kappa shape index (κ1) is 13.5. The summed E-state index contributed by atoms with van der Waals surface area (Å²) in [6.07, 6.45) is 6.65. The number of anilines is 1. The highest BCUT2D eigenvalue weighted by Crippen LogP contribution is 2.43. The van der Waals surface area contributed by atoms with E-state index in [1.54, 1.807) is 0 Å². The number of fused-ring (bicyclic) bond motifs is 1. The summed E-state index contributed by atoms with van der Waals surface area (Å²) in [7, 11) is 0. The third-order valence-electron chi connectivity index (χ3n) is 4.65. The Morgan fingerprint density at radius 2 is 1.75 bits per heavy atom. The van der Waals surface area contributed by atoms with E-state index in [1.807, 2.05) is 0 Å². The second kappa shape index (κ2) is 5.90. The van der Waals surface area contributed by atoms with Crippen molar-refractivity contribution in [1.29, 1.82) is 0 Å². The quantitative estimate of drug-likeness (QED) is 0.747. The van der Waals surface area contributed by atoms with Gasteiger partial charge in [0.1, 0.15) is 11.3 Å². The van der Waals surface area contributed by atoms with E-state index < -0.39 is 0 Å². The molecular weight excluding hydrogens is 246 g/mol. The third kappa shape index (κ3) is 2.32. The Kier molecular flexibility index (Phi) is 4.00. The summed E-state index contributed by atoms with van der Waals surface area (Å²) in [6, 6.07) is 8.51.